The van der Waals surface area contributed by atoms with Crippen LogP contribution in [0.1, 0.15) is 17.4 Å². The maximum Gasteiger partial charge on any atom is 0.141 e. The van der Waals surface area contributed by atoms with Gasteiger partial charge in [-0.05, 0) is 24.4 Å². The molecule has 2 aromatic rings. The van der Waals surface area contributed by atoms with Crippen LogP contribution in [0.5, 0.6) is 0 Å². The van der Waals surface area contributed by atoms with Crippen LogP contribution in [0, 0.1) is 5.82 Å². The zero-order valence-corrected chi connectivity index (χ0v) is 8.96. The largest absolute Gasteiger partial charge is 0.380 e. The molecular weight excluding hydrogens is 213 g/mol. The molecule has 0 bridgehead atoms. The van der Waals surface area contributed by atoms with Gasteiger partial charge in [0.25, 0.3) is 0 Å². The number of pyridine rings is 1. The van der Waals surface area contributed by atoms with Crippen LogP contribution < -0.4 is 0 Å². The van der Waals surface area contributed by atoms with E-state index in [9.17, 15) is 9.50 Å². The summed E-state index contributed by atoms with van der Waals surface area (Å²) >= 11 is 1.43. The first-order chi connectivity index (χ1) is 7.10. The zero-order valence-electron chi connectivity index (χ0n) is 8.14. The molecule has 2 aromatic heterocycles. The number of aromatic nitrogens is 1. The summed E-state index contributed by atoms with van der Waals surface area (Å²) in [6.07, 6.45) is 2.59. The van der Waals surface area contributed by atoms with Crippen molar-refractivity contribution in [1.82, 2.24) is 4.98 Å². The highest BCUT2D eigenvalue weighted by Gasteiger charge is 2.27. The van der Waals surface area contributed by atoms with Gasteiger partial charge in [-0.2, -0.15) is 0 Å². The minimum Gasteiger partial charge on any atom is -0.380 e. The Morgan fingerprint density at radius 3 is 2.87 bits per heavy atom. The van der Waals surface area contributed by atoms with Crippen molar-refractivity contribution in [3.63, 3.8) is 0 Å². The Balaban J connectivity index is 2.46. The van der Waals surface area contributed by atoms with Gasteiger partial charge >= 0.3 is 0 Å². The first kappa shape index (κ1) is 10.3. The summed E-state index contributed by atoms with van der Waals surface area (Å²) in [5.41, 5.74) is -0.714. The van der Waals surface area contributed by atoms with Crippen LogP contribution in [0.4, 0.5) is 4.39 Å². The van der Waals surface area contributed by atoms with Gasteiger partial charge in [0, 0.05) is 16.6 Å². The van der Waals surface area contributed by atoms with E-state index in [-0.39, 0.29) is 0 Å². The van der Waals surface area contributed by atoms with E-state index in [0.29, 0.717) is 5.56 Å². The van der Waals surface area contributed by atoms with E-state index in [0.717, 1.165) is 11.1 Å². The third kappa shape index (κ3) is 1.91. The fourth-order valence-corrected chi connectivity index (χ4v) is 2.18. The van der Waals surface area contributed by atoms with Crippen LogP contribution in [0.3, 0.4) is 0 Å². The lowest BCUT2D eigenvalue weighted by molar-refractivity contribution is 0.105. The van der Waals surface area contributed by atoms with E-state index >= 15 is 0 Å². The molecule has 0 amide bonds. The number of nitrogens with zero attached hydrogens (tertiary/aromatic N) is 1. The predicted octanol–water partition coefficient (Wildman–Crippen LogP) is 2.54. The number of hydrogen-bond acceptors (Lipinski definition) is 3. The van der Waals surface area contributed by atoms with E-state index in [2.05, 4.69) is 4.98 Å². The topological polar surface area (TPSA) is 33.1 Å². The number of halogens is 1. The van der Waals surface area contributed by atoms with Gasteiger partial charge in [-0.25, -0.2) is 4.39 Å². The Kier molecular flexibility index (Phi) is 2.54. The highest BCUT2D eigenvalue weighted by Crippen LogP contribution is 2.31. The van der Waals surface area contributed by atoms with Crippen LogP contribution in [0.15, 0.2) is 36.0 Å². The Labute approximate surface area is 91.0 Å². The molecule has 2 rings (SSSR count). The molecule has 1 unspecified atom stereocenters. The fourth-order valence-electron chi connectivity index (χ4n) is 1.38. The van der Waals surface area contributed by atoms with Gasteiger partial charge in [-0.15, -0.1) is 11.3 Å². The molecule has 0 radical (unpaired) electrons. The summed E-state index contributed by atoms with van der Waals surface area (Å²) in [5, 5.41) is 12.1. The summed E-state index contributed by atoms with van der Waals surface area (Å²) in [5.74, 6) is -0.440. The molecule has 0 saturated heterocycles. The standard InChI is InChI=1S/C11H10FNOS/c1-11(14,10-3-2-4-15-10)8-5-9(12)7-13-6-8/h2-7,14H,1H3. The fraction of sp³-hybridized carbons (Fsp3) is 0.182. The molecule has 1 N–H and O–H groups in total. The maximum atomic E-state index is 13.0. The third-order valence-corrected chi connectivity index (χ3v) is 3.35. The van der Waals surface area contributed by atoms with Crippen LogP contribution in [0.2, 0.25) is 0 Å². The van der Waals surface area contributed by atoms with Crippen molar-refractivity contribution in [3.8, 4) is 0 Å². The second kappa shape index (κ2) is 3.72. The van der Waals surface area contributed by atoms with Gasteiger partial charge in [0.2, 0.25) is 0 Å². The minimum absolute atomic E-state index is 0.440. The number of thiophene rings is 1. The van der Waals surface area contributed by atoms with Crippen LogP contribution in [-0.2, 0) is 5.60 Å². The Hall–Kier alpha value is -1.26. The summed E-state index contributed by atoms with van der Waals surface area (Å²) in [4.78, 5) is 4.50. The normalized spacial score (nSPS) is 14.9. The second-order valence-corrected chi connectivity index (χ2v) is 4.39. The first-order valence-corrected chi connectivity index (χ1v) is 5.36. The maximum absolute atomic E-state index is 13.0. The van der Waals surface area contributed by atoms with E-state index < -0.39 is 11.4 Å². The van der Waals surface area contributed by atoms with Crippen molar-refractivity contribution in [2.45, 2.75) is 12.5 Å². The van der Waals surface area contributed by atoms with Crippen LogP contribution >= 0.6 is 11.3 Å². The summed E-state index contributed by atoms with van der Waals surface area (Å²) in [7, 11) is 0. The molecular formula is C11H10FNOS. The molecule has 0 aliphatic carbocycles. The number of rotatable bonds is 2. The Morgan fingerprint density at radius 2 is 2.27 bits per heavy atom. The molecule has 78 valence electrons. The highest BCUT2D eigenvalue weighted by atomic mass is 32.1. The van der Waals surface area contributed by atoms with Crippen molar-refractivity contribution in [2.24, 2.45) is 0 Å². The third-order valence-electron chi connectivity index (χ3n) is 2.27. The average molecular weight is 223 g/mol. The Morgan fingerprint density at radius 1 is 1.47 bits per heavy atom. The lowest BCUT2D eigenvalue weighted by Gasteiger charge is -2.21. The van der Waals surface area contributed by atoms with Gasteiger partial charge in [-0.1, -0.05) is 6.07 Å². The molecule has 0 aliphatic heterocycles. The van der Waals surface area contributed by atoms with Gasteiger partial charge < -0.3 is 5.11 Å². The van der Waals surface area contributed by atoms with Crippen molar-refractivity contribution in [2.75, 3.05) is 0 Å². The smallest absolute Gasteiger partial charge is 0.141 e. The van der Waals surface area contributed by atoms with Crippen molar-refractivity contribution < 1.29 is 9.50 Å². The molecule has 0 fully saturated rings. The number of hydrogen-bond donors (Lipinski definition) is 1. The SMILES string of the molecule is CC(O)(c1cncc(F)c1)c1cccs1. The molecule has 0 aromatic carbocycles. The van der Waals surface area contributed by atoms with Crippen LogP contribution in [-0.4, -0.2) is 10.1 Å². The van der Waals surface area contributed by atoms with Crippen molar-refractivity contribution in [1.29, 1.82) is 0 Å². The predicted molar refractivity (Wildman–Crippen MR) is 57.2 cm³/mol. The van der Waals surface area contributed by atoms with E-state index in [1.165, 1.54) is 23.6 Å². The van der Waals surface area contributed by atoms with E-state index in [1.54, 1.807) is 6.92 Å². The molecule has 2 heterocycles. The number of aliphatic hydroxyl groups is 1. The molecule has 0 saturated carbocycles. The molecule has 2 nitrogen and oxygen atoms in total. The second-order valence-electron chi connectivity index (χ2n) is 3.44. The van der Waals surface area contributed by atoms with E-state index in [1.807, 2.05) is 17.5 Å². The van der Waals surface area contributed by atoms with Crippen LogP contribution in [0.25, 0.3) is 0 Å². The van der Waals surface area contributed by atoms with Gasteiger partial charge in [0.15, 0.2) is 0 Å². The molecule has 0 aliphatic rings. The van der Waals surface area contributed by atoms with Gasteiger partial charge in [-0.3, -0.25) is 4.98 Å². The highest BCUT2D eigenvalue weighted by molar-refractivity contribution is 7.10. The summed E-state index contributed by atoms with van der Waals surface area (Å²) < 4.78 is 13.0. The summed E-state index contributed by atoms with van der Waals surface area (Å²) in [6.45, 7) is 1.63. The van der Waals surface area contributed by atoms with Gasteiger partial charge in [0.05, 0.1) is 6.20 Å². The Bertz CT molecular complexity index is 453. The molecule has 0 spiro atoms. The van der Waals surface area contributed by atoms with E-state index in [4.69, 9.17) is 0 Å². The van der Waals surface area contributed by atoms with Crippen molar-refractivity contribution in [3.05, 3.63) is 52.2 Å². The molecule has 1 atom stereocenters. The minimum atomic E-state index is -1.18. The lowest BCUT2D eigenvalue weighted by Crippen LogP contribution is -2.21. The monoisotopic (exact) mass is 223 g/mol. The zero-order chi connectivity index (χ0) is 10.9. The average Bonchev–Trinajstić information content (AvgIpc) is 2.71. The molecule has 15 heavy (non-hydrogen) atoms. The summed E-state index contributed by atoms with van der Waals surface area (Å²) in [6, 6.07) is 4.96. The van der Waals surface area contributed by atoms with Gasteiger partial charge in [0.1, 0.15) is 11.4 Å². The quantitative estimate of drug-likeness (QED) is 0.848. The van der Waals surface area contributed by atoms with Crippen molar-refractivity contribution >= 4 is 11.3 Å². The molecule has 4 heteroatoms. The first-order valence-electron chi connectivity index (χ1n) is 4.48. The lowest BCUT2D eigenvalue weighted by atomic mass is 9.96.